The van der Waals surface area contributed by atoms with Crippen molar-refractivity contribution in [3.8, 4) is 11.3 Å². The molecule has 2 aliphatic heterocycles. The summed E-state index contributed by atoms with van der Waals surface area (Å²) in [7, 11) is 2.23. The van der Waals surface area contributed by atoms with E-state index >= 15 is 0 Å². The minimum Gasteiger partial charge on any atom is -0.376 e. The molecule has 1 aromatic heterocycles. The van der Waals surface area contributed by atoms with Crippen molar-refractivity contribution in [1.82, 2.24) is 19.9 Å². The molecule has 6 heteroatoms. The molecule has 0 amide bonds. The number of likely N-dealkylation sites (N-methyl/N-ethyl adjacent to an activating group) is 1. The summed E-state index contributed by atoms with van der Waals surface area (Å²) in [4.78, 5) is 4.92. The first kappa shape index (κ1) is 21.2. The molecule has 0 bridgehead atoms. The minimum absolute atomic E-state index is 0.265. The summed E-state index contributed by atoms with van der Waals surface area (Å²) in [5.74, 6) is 0. The number of anilines is 1. The van der Waals surface area contributed by atoms with E-state index in [4.69, 9.17) is 4.74 Å². The molecule has 1 atom stereocenters. The van der Waals surface area contributed by atoms with Gasteiger partial charge in [0.25, 0.3) is 0 Å². The Hall–Kier alpha value is -2.70. The van der Waals surface area contributed by atoms with Crippen LogP contribution in [0, 0.1) is 6.92 Å². The molecule has 32 heavy (non-hydrogen) atoms. The molecule has 0 N–H and O–H groups in total. The van der Waals surface area contributed by atoms with Gasteiger partial charge in [0.15, 0.2) is 0 Å². The van der Waals surface area contributed by atoms with Gasteiger partial charge in [-0.1, -0.05) is 41.6 Å². The van der Waals surface area contributed by atoms with Gasteiger partial charge in [-0.25, -0.2) is 4.68 Å². The van der Waals surface area contributed by atoms with Gasteiger partial charge >= 0.3 is 0 Å². The van der Waals surface area contributed by atoms with Crippen molar-refractivity contribution in [2.45, 2.75) is 51.4 Å². The lowest BCUT2D eigenvalue weighted by atomic mass is 10.0. The number of rotatable bonds is 7. The molecule has 0 radical (unpaired) electrons. The molecule has 3 heterocycles. The molecule has 0 aliphatic carbocycles. The van der Waals surface area contributed by atoms with Crippen LogP contribution in [0.25, 0.3) is 11.3 Å². The lowest BCUT2D eigenvalue weighted by Crippen LogP contribution is -2.58. The standard InChI is InChI=1S/C26H33N5O/c1-20-14-22(30-16-23(17-30)29(2)15-21-8-4-3-5-9-21)11-12-25(20)26-19-31(28-27-26)18-24-10-6-7-13-32-24/h3-5,8-9,11-12,14,19,23-24H,6-7,10,13,15-18H2,1-2H3. The highest BCUT2D eigenvalue weighted by molar-refractivity contribution is 5.67. The van der Waals surface area contributed by atoms with Gasteiger partial charge in [0.2, 0.25) is 0 Å². The number of hydrogen-bond donors (Lipinski definition) is 0. The second-order valence-electron chi connectivity index (χ2n) is 9.27. The van der Waals surface area contributed by atoms with Crippen LogP contribution in [-0.4, -0.2) is 58.8 Å². The summed E-state index contributed by atoms with van der Waals surface area (Å²) in [6, 6.07) is 18.0. The van der Waals surface area contributed by atoms with Crippen molar-refractivity contribution in [3.63, 3.8) is 0 Å². The quantitative estimate of drug-likeness (QED) is 0.563. The Labute approximate surface area is 190 Å². The Morgan fingerprint density at radius 2 is 1.94 bits per heavy atom. The SMILES string of the molecule is Cc1cc(N2CC(N(C)Cc3ccccc3)C2)ccc1-c1cn(CC2CCCCO2)nn1. The largest absolute Gasteiger partial charge is 0.376 e. The molecule has 3 aromatic rings. The summed E-state index contributed by atoms with van der Waals surface area (Å²) >= 11 is 0. The molecule has 5 rings (SSSR count). The summed E-state index contributed by atoms with van der Waals surface area (Å²) in [6.45, 7) is 6.96. The topological polar surface area (TPSA) is 46.4 Å². The van der Waals surface area contributed by atoms with Gasteiger partial charge in [0, 0.05) is 43.5 Å². The van der Waals surface area contributed by atoms with Gasteiger partial charge in [0.05, 0.1) is 18.8 Å². The third-order valence-electron chi connectivity index (χ3n) is 6.81. The zero-order valence-electron chi connectivity index (χ0n) is 19.2. The number of aryl methyl sites for hydroxylation is 1. The highest BCUT2D eigenvalue weighted by atomic mass is 16.5. The fourth-order valence-electron chi connectivity index (χ4n) is 4.75. The first-order valence-corrected chi connectivity index (χ1v) is 11.8. The molecule has 0 spiro atoms. The van der Waals surface area contributed by atoms with Crippen LogP contribution in [0.2, 0.25) is 0 Å². The molecule has 6 nitrogen and oxygen atoms in total. The van der Waals surface area contributed by atoms with E-state index in [9.17, 15) is 0 Å². The summed E-state index contributed by atoms with van der Waals surface area (Å²) in [5, 5.41) is 8.78. The average molecular weight is 432 g/mol. The van der Waals surface area contributed by atoms with E-state index in [0.717, 1.165) is 50.5 Å². The van der Waals surface area contributed by atoms with E-state index in [1.54, 1.807) is 0 Å². The minimum atomic E-state index is 0.265. The molecule has 2 aromatic carbocycles. The maximum atomic E-state index is 5.84. The van der Waals surface area contributed by atoms with Crippen LogP contribution in [0.5, 0.6) is 0 Å². The highest BCUT2D eigenvalue weighted by Gasteiger charge is 2.30. The van der Waals surface area contributed by atoms with Gasteiger partial charge in [-0.2, -0.15) is 0 Å². The molecule has 2 aliphatic rings. The van der Waals surface area contributed by atoms with Crippen LogP contribution in [0.15, 0.2) is 54.7 Å². The fraction of sp³-hybridized carbons (Fsp3) is 0.462. The van der Waals surface area contributed by atoms with Gasteiger partial charge in [-0.15, -0.1) is 5.10 Å². The van der Waals surface area contributed by atoms with Gasteiger partial charge < -0.3 is 9.64 Å². The monoisotopic (exact) mass is 431 g/mol. The third-order valence-corrected chi connectivity index (χ3v) is 6.81. The molecule has 1 unspecified atom stereocenters. The average Bonchev–Trinajstić information content (AvgIpc) is 3.22. The number of aromatic nitrogens is 3. The van der Waals surface area contributed by atoms with Crippen LogP contribution in [0.1, 0.15) is 30.4 Å². The first-order chi connectivity index (χ1) is 15.7. The van der Waals surface area contributed by atoms with Crippen molar-refractivity contribution in [2.75, 3.05) is 31.6 Å². The summed E-state index contributed by atoms with van der Waals surface area (Å²) < 4.78 is 7.77. The number of nitrogens with zero attached hydrogens (tertiary/aromatic N) is 5. The second-order valence-corrected chi connectivity index (χ2v) is 9.27. The lowest BCUT2D eigenvalue weighted by Gasteiger charge is -2.45. The van der Waals surface area contributed by atoms with Crippen LogP contribution >= 0.6 is 0 Å². The number of benzene rings is 2. The van der Waals surface area contributed by atoms with Crippen LogP contribution < -0.4 is 4.90 Å². The summed E-state index contributed by atoms with van der Waals surface area (Å²) in [6.07, 6.45) is 5.84. The van der Waals surface area contributed by atoms with Crippen molar-refractivity contribution in [2.24, 2.45) is 0 Å². The first-order valence-electron chi connectivity index (χ1n) is 11.8. The molecular formula is C26H33N5O. The molecule has 2 saturated heterocycles. The van der Waals surface area contributed by atoms with Crippen LogP contribution in [0.4, 0.5) is 5.69 Å². The van der Waals surface area contributed by atoms with E-state index in [0.29, 0.717) is 6.04 Å². The normalized spacial score (nSPS) is 19.3. The zero-order valence-corrected chi connectivity index (χ0v) is 19.2. The van der Waals surface area contributed by atoms with Crippen molar-refractivity contribution in [1.29, 1.82) is 0 Å². The number of ether oxygens (including phenoxy) is 1. The van der Waals surface area contributed by atoms with E-state index in [1.165, 1.54) is 29.7 Å². The Kier molecular flexibility index (Phi) is 6.23. The molecule has 2 fully saturated rings. The van der Waals surface area contributed by atoms with E-state index in [-0.39, 0.29) is 6.10 Å². The maximum Gasteiger partial charge on any atom is 0.113 e. The Bertz CT molecular complexity index is 1020. The van der Waals surface area contributed by atoms with E-state index in [1.807, 2.05) is 4.68 Å². The van der Waals surface area contributed by atoms with Crippen molar-refractivity contribution >= 4 is 5.69 Å². The van der Waals surface area contributed by atoms with Gasteiger partial charge in [-0.05, 0) is 56.5 Å². The Morgan fingerprint density at radius 1 is 1.09 bits per heavy atom. The number of hydrogen-bond acceptors (Lipinski definition) is 5. The second kappa shape index (κ2) is 9.43. The lowest BCUT2D eigenvalue weighted by molar-refractivity contribution is 0.00370. The molecule has 0 saturated carbocycles. The maximum absolute atomic E-state index is 5.84. The van der Waals surface area contributed by atoms with Crippen LogP contribution in [-0.2, 0) is 17.8 Å². The predicted molar refractivity (Wildman–Crippen MR) is 128 cm³/mol. The summed E-state index contributed by atoms with van der Waals surface area (Å²) in [5.41, 5.74) is 6.00. The Morgan fingerprint density at radius 3 is 2.69 bits per heavy atom. The third kappa shape index (κ3) is 4.71. The van der Waals surface area contributed by atoms with Gasteiger partial charge in [0.1, 0.15) is 5.69 Å². The van der Waals surface area contributed by atoms with Crippen LogP contribution in [0.3, 0.4) is 0 Å². The van der Waals surface area contributed by atoms with Crippen molar-refractivity contribution < 1.29 is 4.74 Å². The Balaban J connectivity index is 1.18. The molecular weight excluding hydrogens is 398 g/mol. The molecule has 168 valence electrons. The van der Waals surface area contributed by atoms with E-state index < -0.39 is 0 Å². The van der Waals surface area contributed by atoms with Gasteiger partial charge in [-0.3, -0.25) is 4.90 Å². The fourth-order valence-corrected chi connectivity index (χ4v) is 4.75. The zero-order chi connectivity index (χ0) is 21.9. The predicted octanol–water partition coefficient (Wildman–Crippen LogP) is 4.14. The van der Waals surface area contributed by atoms with Crippen molar-refractivity contribution in [3.05, 3.63) is 65.9 Å². The smallest absolute Gasteiger partial charge is 0.113 e. The highest BCUT2D eigenvalue weighted by Crippen LogP contribution is 2.30. The van der Waals surface area contributed by atoms with E-state index in [2.05, 4.69) is 88.8 Å².